The highest BCUT2D eigenvalue weighted by Gasteiger charge is 2.26. The van der Waals surface area contributed by atoms with E-state index in [0.717, 1.165) is 31.8 Å². The number of hydrogen-bond donors (Lipinski definition) is 1. The molecule has 2 heterocycles. The number of carbonyl (C=O) groups is 1. The molecule has 1 saturated heterocycles. The summed E-state index contributed by atoms with van der Waals surface area (Å²) in [4.78, 5) is 13.7. The number of nitrogens with zero attached hydrogens (tertiary/aromatic N) is 2. The van der Waals surface area contributed by atoms with E-state index in [1.54, 1.807) is 6.07 Å². The number of piperidine rings is 1. The van der Waals surface area contributed by atoms with Gasteiger partial charge in [-0.2, -0.15) is 0 Å². The lowest BCUT2D eigenvalue weighted by atomic mass is 9.84. The van der Waals surface area contributed by atoms with Crippen molar-refractivity contribution in [3.8, 4) is 0 Å². The van der Waals surface area contributed by atoms with Gasteiger partial charge in [-0.3, -0.25) is 0 Å². The fraction of sp³-hybridized carbons (Fsp3) is 0.667. The van der Waals surface area contributed by atoms with Gasteiger partial charge in [0, 0.05) is 31.9 Å². The Labute approximate surface area is 114 Å². The van der Waals surface area contributed by atoms with Gasteiger partial charge in [0.1, 0.15) is 5.69 Å². The van der Waals surface area contributed by atoms with Crippen LogP contribution in [-0.2, 0) is 0 Å². The summed E-state index contributed by atoms with van der Waals surface area (Å²) < 4.78 is 1.95. The first-order valence-corrected chi connectivity index (χ1v) is 7.36. The topological polar surface area (TPSA) is 45.5 Å². The molecule has 19 heavy (non-hydrogen) atoms. The summed E-state index contributed by atoms with van der Waals surface area (Å²) in [6.07, 6.45) is 8.27. The smallest absolute Gasteiger partial charge is 0.352 e. The van der Waals surface area contributed by atoms with Gasteiger partial charge >= 0.3 is 5.97 Å². The van der Waals surface area contributed by atoms with Gasteiger partial charge in [-0.05, 0) is 43.7 Å². The molecule has 2 fully saturated rings. The Hall–Kier alpha value is -1.29. The summed E-state index contributed by atoms with van der Waals surface area (Å²) in [5.74, 6) is 0.111. The van der Waals surface area contributed by atoms with Crippen molar-refractivity contribution in [1.29, 1.82) is 0 Å². The molecule has 0 unspecified atom stereocenters. The van der Waals surface area contributed by atoms with E-state index in [4.69, 9.17) is 5.11 Å². The molecule has 104 valence electrons. The van der Waals surface area contributed by atoms with E-state index in [2.05, 4.69) is 4.90 Å². The van der Waals surface area contributed by atoms with Crippen LogP contribution in [-0.4, -0.2) is 40.2 Å². The molecular weight excluding hydrogens is 240 g/mol. The maximum Gasteiger partial charge on any atom is 0.352 e. The molecule has 2 aliphatic rings. The van der Waals surface area contributed by atoms with E-state index >= 15 is 0 Å². The van der Waals surface area contributed by atoms with Gasteiger partial charge in [0.05, 0.1) is 0 Å². The van der Waals surface area contributed by atoms with Crippen LogP contribution in [0, 0.1) is 5.92 Å². The van der Waals surface area contributed by atoms with Gasteiger partial charge in [-0.25, -0.2) is 4.79 Å². The Balaban J connectivity index is 1.57. The number of aromatic nitrogens is 1. The molecule has 1 aliphatic carbocycles. The summed E-state index contributed by atoms with van der Waals surface area (Å²) in [6, 6.07) is 3.89. The lowest BCUT2D eigenvalue weighted by molar-refractivity contribution is 0.0676. The molecule has 1 aromatic rings. The van der Waals surface area contributed by atoms with Crippen LogP contribution in [0.4, 0.5) is 0 Å². The third-order valence-corrected chi connectivity index (χ3v) is 4.69. The van der Waals surface area contributed by atoms with E-state index in [9.17, 15) is 4.79 Å². The van der Waals surface area contributed by atoms with E-state index < -0.39 is 5.97 Å². The van der Waals surface area contributed by atoms with Crippen LogP contribution >= 0.6 is 0 Å². The summed E-state index contributed by atoms with van der Waals surface area (Å²) >= 11 is 0. The fourth-order valence-electron chi connectivity index (χ4n) is 3.31. The maximum atomic E-state index is 11.2. The largest absolute Gasteiger partial charge is 0.477 e. The zero-order valence-electron chi connectivity index (χ0n) is 11.3. The highest BCUT2D eigenvalue weighted by atomic mass is 16.4. The second-order valence-electron chi connectivity index (χ2n) is 5.93. The number of hydrogen-bond acceptors (Lipinski definition) is 2. The second kappa shape index (κ2) is 5.37. The first kappa shape index (κ1) is 12.7. The monoisotopic (exact) mass is 262 g/mol. The van der Waals surface area contributed by atoms with Gasteiger partial charge < -0.3 is 14.6 Å². The SMILES string of the molecule is O=C(O)c1cccn1C1CCN(CC2CCC2)CC1. The number of carboxylic acids is 1. The zero-order valence-corrected chi connectivity index (χ0v) is 11.3. The van der Waals surface area contributed by atoms with Crippen LogP contribution in [0.5, 0.6) is 0 Å². The summed E-state index contributed by atoms with van der Waals surface area (Å²) in [6.45, 7) is 3.47. The molecule has 0 atom stereocenters. The van der Waals surface area contributed by atoms with E-state index in [0.29, 0.717) is 11.7 Å². The van der Waals surface area contributed by atoms with Crippen LogP contribution in [0.1, 0.15) is 48.6 Å². The lowest BCUT2D eigenvalue weighted by Crippen LogP contribution is -2.39. The van der Waals surface area contributed by atoms with Crippen molar-refractivity contribution in [1.82, 2.24) is 9.47 Å². The van der Waals surface area contributed by atoms with Crippen LogP contribution in [0.15, 0.2) is 18.3 Å². The molecule has 0 aromatic carbocycles. The average Bonchev–Trinajstić information content (AvgIpc) is 2.84. The molecule has 1 saturated carbocycles. The van der Waals surface area contributed by atoms with Crippen LogP contribution in [0.25, 0.3) is 0 Å². The van der Waals surface area contributed by atoms with E-state index in [-0.39, 0.29) is 0 Å². The Kier molecular flexibility index (Phi) is 3.60. The Bertz CT molecular complexity index is 443. The lowest BCUT2D eigenvalue weighted by Gasteiger charge is -2.37. The number of likely N-dealkylation sites (tertiary alicyclic amines) is 1. The van der Waals surface area contributed by atoms with Gasteiger partial charge in [0.2, 0.25) is 0 Å². The number of rotatable bonds is 4. The third-order valence-electron chi connectivity index (χ3n) is 4.69. The van der Waals surface area contributed by atoms with Gasteiger partial charge in [0.25, 0.3) is 0 Å². The van der Waals surface area contributed by atoms with Crippen LogP contribution in [0.2, 0.25) is 0 Å². The average molecular weight is 262 g/mol. The first-order chi connectivity index (χ1) is 9.24. The van der Waals surface area contributed by atoms with E-state index in [1.165, 1.54) is 25.8 Å². The zero-order chi connectivity index (χ0) is 13.2. The minimum Gasteiger partial charge on any atom is -0.477 e. The quantitative estimate of drug-likeness (QED) is 0.907. The molecule has 0 radical (unpaired) electrons. The van der Waals surface area contributed by atoms with E-state index in [1.807, 2.05) is 16.8 Å². The highest BCUT2D eigenvalue weighted by molar-refractivity contribution is 5.85. The Morgan fingerprint density at radius 2 is 2.00 bits per heavy atom. The molecule has 0 spiro atoms. The fourth-order valence-corrected chi connectivity index (χ4v) is 3.31. The summed E-state index contributed by atoms with van der Waals surface area (Å²) in [5, 5.41) is 9.16. The second-order valence-corrected chi connectivity index (χ2v) is 5.93. The van der Waals surface area contributed by atoms with Crippen molar-refractivity contribution in [2.24, 2.45) is 5.92 Å². The van der Waals surface area contributed by atoms with Gasteiger partial charge in [-0.15, -0.1) is 0 Å². The Morgan fingerprint density at radius 1 is 1.26 bits per heavy atom. The third kappa shape index (κ3) is 2.68. The van der Waals surface area contributed by atoms with Gasteiger partial charge in [-0.1, -0.05) is 6.42 Å². The van der Waals surface area contributed by atoms with Crippen molar-refractivity contribution in [3.63, 3.8) is 0 Å². The molecule has 4 heteroatoms. The van der Waals surface area contributed by atoms with Crippen molar-refractivity contribution in [2.45, 2.75) is 38.1 Å². The highest BCUT2D eigenvalue weighted by Crippen LogP contribution is 2.30. The van der Waals surface area contributed by atoms with Crippen LogP contribution < -0.4 is 0 Å². The molecule has 0 amide bonds. The minimum absolute atomic E-state index is 0.360. The predicted molar refractivity (Wildman–Crippen MR) is 73.4 cm³/mol. The normalized spacial score (nSPS) is 22.3. The summed E-state index contributed by atoms with van der Waals surface area (Å²) in [5.41, 5.74) is 0.428. The molecule has 0 bridgehead atoms. The van der Waals surface area contributed by atoms with Crippen molar-refractivity contribution in [2.75, 3.05) is 19.6 Å². The predicted octanol–water partition coefficient (Wildman–Crippen LogP) is 2.62. The maximum absolute atomic E-state index is 11.2. The van der Waals surface area contributed by atoms with Crippen LogP contribution in [0.3, 0.4) is 0 Å². The molecule has 4 nitrogen and oxygen atoms in total. The number of carboxylic acid groups (broad SMARTS) is 1. The summed E-state index contributed by atoms with van der Waals surface area (Å²) in [7, 11) is 0. The first-order valence-electron chi connectivity index (χ1n) is 7.36. The standard InChI is InChI=1S/C15H22N2O2/c18-15(19)14-5-2-8-17(14)13-6-9-16(10-7-13)11-12-3-1-4-12/h2,5,8,12-13H,1,3-4,6-7,9-11H2,(H,18,19). The van der Waals surface area contributed by atoms with Crippen molar-refractivity contribution >= 4 is 5.97 Å². The van der Waals surface area contributed by atoms with Gasteiger partial charge in [0.15, 0.2) is 0 Å². The molecule has 1 aliphatic heterocycles. The molecule has 1 N–H and O–H groups in total. The van der Waals surface area contributed by atoms with Crippen molar-refractivity contribution < 1.29 is 9.90 Å². The number of aromatic carboxylic acids is 1. The Morgan fingerprint density at radius 3 is 2.58 bits per heavy atom. The molecule has 3 rings (SSSR count). The molecular formula is C15H22N2O2. The molecule has 1 aromatic heterocycles. The minimum atomic E-state index is -0.818. The van der Waals surface area contributed by atoms with Crippen molar-refractivity contribution in [3.05, 3.63) is 24.0 Å².